The van der Waals surface area contributed by atoms with Crippen LogP contribution in [0.1, 0.15) is 41.6 Å². The minimum Gasteiger partial charge on any atom is -0.354 e. The average Bonchev–Trinajstić information content (AvgIpc) is 3.18. The number of carbonyl (C=O) groups excluding carboxylic acids is 2. The summed E-state index contributed by atoms with van der Waals surface area (Å²) >= 11 is 0. The van der Waals surface area contributed by atoms with Crippen LogP contribution in [0.4, 0.5) is 0 Å². The first-order valence-electron chi connectivity index (χ1n) is 9.28. The molecule has 0 bridgehead atoms. The van der Waals surface area contributed by atoms with Crippen molar-refractivity contribution < 1.29 is 9.59 Å². The molecule has 2 amide bonds. The summed E-state index contributed by atoms with van der Waals surface area (Å²) < 4.78 is 0. The Morgan fingerprint density at radius 2 is 1.96 bits per heavy atom. The van der Waals surface area contributed by atoms with E-state index in [2.05, 4.69) is 20.9 Å². The normalized spacial score (nSPS) is 17.9. The molecule has 7 nitrogen and oxygen atoms in total. The Labute approximate surface area is 177 Å². The third-order valence-electron chi connectivity index (χ3n) is 4.91. The van der Waals surface area contributed by atoms with E-state index in [0.717, 1.165) is 11.5 Å². The summed E-state index contributed by atoms with van der Waals surface area (Å²) in [5.74, 6) is 0.612. The standard InChI is InChI=1S/C19H27N5O2.HI/c1-20-19(23-16-4-2-3-5-16)22-12-14-6-8-15(9-7-14)18(26)24-11-10-21-17(25)13-24;/h6-9,16H,2-5,10-13H2,1H3,(H,21,25)(H2,20,22,23);1H. The Balaban J connectivity index is 0.00000261. The predicted octanol–water partition coefficient (Wildman–Crippen LogP) is 1.48. The number of guanidine groups is 1. The van der Waals surface area contributed by atoms with Crippen LogP contribution in [-0.2, 0) is 11.3 Å². The fourth-order valence-corrected chi connectivity index (χ4v) is 3.40. The third-order valence-corrected chi connectivity index (χ3v) is 4.91. The van der Waals surface area contributed by atoms with Crippen molar-refractivity contribution in [3.05, 3.63) is 35.4 Å². The molecular weight excluding hydrogens is 457 g/mol. The van der Waals surface area contributed by atoms with Gasteiger partial charge in [-0.3, -0.25) is 14.6 Å². The van der Waals surface area contributed by atoms with Crippen LogP contribution >= 0.6 is 24.0 Å². The first-order chi connectivity index (χ1) is 12.7. The molecule has 8 heteroatoms. The van der Waals surface area contributed by atoms with Crippen molar-refractivity contribution >= 4 is 41.8 Å². The monoisotopic (exact) mass is 485 g/mol. The number of aliphatic imine (C=N–C) groups is 1. The zero-order chi connectivity index (χ0) is 18.4. The van der Waals surface area contributed by atoms with E-state index in [1.165, 1.54) is 25.7 Å². The number of rotatable bonds is 4. The highest BCUT2D eigenvalue weighted by Gasteiger charge is 2.22. The van der Waals surface area contributed by atoms with E-state index in [4.69, 9.17) is 0 Å². The Hall–Kier alpha value is -1.84. The van der Waals surface area contributed by atoms with Gasteiger partial charge in [-0.25, -0.2) is 0 Å². The van der Waals surface area contributed by atoms with E-state index in [1.807, 2.05) is 24.3 Å². The number of piperazine rings is 1. The lowest BCUT2D eigenvalue weighted by Crippen LogP contribution is -2.49. The van der Waals surface area contributed by atoms with E-state index >= 15 is 0 Å². The molecule has 27 heavy (non-hydrogen) atoms. The Morgan fingerprint density at radius 1 is 1.26 bits per heavy atom. The summed E-state index contributed by atoms with van der Waals surface area (Å²) in [6, 6.07) is 8.03. The van der Waals surface area contributed by atoms with Crippen molar-refractivity contribution in [3.63, 3.8) is 0 Å². The zero-order valence-electron chi connectivity index (χ0n) is 15.7. The lowest BCUT2D eigenvalue weighted by atomic mass is 10.1. The van der Waals surface area contributed by atoms with Gasteiger partial charge in [-0.2, -0.15) is 0 Å². The van der Waals surface area contributed by atoms with Crippen molar-refractivity contribution in [2.45, 2.75) is 38.3 Å². The number of halogens is 1. The van der Waals surface area contributed by atoms with Gasteiger partial charge in [0.05, 0.1) is 6.54 Å². The highest BCUT2D eigenvalue weighted by molar-refractivity contribution is 14.0. The first-order valence-corrected chi connectivity index (χ1v) is 9.28. The second-order valence-corrected chi connectivity index (χ2v) is 6.83. The molecule has 0 radical (unpaired) electrons. The van der Waals surface area contributed by atoms with E-state index in [1.54, 1.807) is 11.9 Å². The van der Waals surface area contributed by atoms with Crippen molar-refractivity contribution in [1.29, 1.82) is 0 Å². The van der Waals surface area contributed by atoms with Crippen molar-refractivity contribution in [2.24, 2.45) is 4.99 Å². The number of nitrogens with zero attached hydrogens (tertiary/aromatic N) is 2. The number of carbonyl (C=O) groups is 2. The van der Waals surface area contributed by atoms with Crippen LogP contribution in [0.5, 0.6) is 0 Å². The Morgan fingerprint density at radius 3 is 2.59 bits per heavy atom. The number of hydrogen-bond acceptors (Lipinski definition) is 3. The van der Waals surface area contributed by atoms with Gasteiger partial charge in [0, 0.05) is 38.3 Å². The number of nitrogens with one attached hydrogen (secondary N) is 3. The van der Waals surface area contributed by atoms with Gasteiger partial charge in [0.15, 0.2) is 5.96 Å². The maximum Gasteiger partial charge on any atom is 0.254 e. The maximum atomic E-state index is 12.5. The number of hydrogen-bond donors (Lipinski definition) is 3. The van der Waals surface area contributed by atoms with Crippen LogP contribution in [0.15, 0.2) is 29.3 Å². The Kier molecular flexibility index (Phi) is 8.33. The SMILES string of the molecule is CN=C(NCc1ccc(C(=O)N2CCNC(=O)C2)cc1)NC1CCCC1.I. The predicted molar refractivity (Wildman–Crippen MR) is 116 cm³/mol. The smallest absolute Gasteiger partial charge is 0.254 e. The summed E-state index contributed by atoms with van der Waals surface area (Å²) in [5, 5.41) is 9.50. The Bertz CT molecular complexity index is 671. The topological polar surface area (TPSA) is 85.8 Å². The molecule has 1 saturated carbocycles. The van der Waals surface area contributed by atoms with Gasteiger partial charge in [-0.05, 0) is 30.5 Å². The second-order valence-electron chi connectivity index (χ2n) is 6.83. The molecule has 0 atom stereocenters. The van der Waals surface area contributed by atoms with E-state index in [-0.39, 0.29) is 42.3 Å². The van der Waals surface area contributed by atoms with Crippen molar-refractivity contribution in [3.8, 4) is 0 Å². The number of benzene rings is 1. The van der Waals surface area contributed by atoms with Crippen LogP contribution in [-0.4, -0.2) is 55.4 Å². The fourth-order valence-electron chi connectivity index (χ4n) is 3.40. The minimum absolute atomic E-state index is 0. The largest absolute Gasteiger partial charge is 0.354 e. The second kappa shape index (κ2) is 10.5. The summed E-state index contributed by atoms with van der Waals surface area (Å²) in [5.41, 5.74) is 1.68. The summed E-state index contributed by atoms with van der Waals surface area (Å²) in [6.45, 7) is 1.84. The quantitative estimate of drug-likeness (QED) is 0.343. The molecule has 148 valence electrons. The molecule has 0 unspecified atom stereocenters. The van der Waals surface area contributed by atoms with Crippen LogP contribution < -0.4 is 16.0 Å². The molecule has 2 fully saturated rings. The van der Waals surface area contributed by atoms with Crippen molar-refractivity contribution in [1.82, 2.24) is 20.9 Å². The highest BCUT2D eigenvalue weighted by atomic mass is 127. The van der Waals surface area contributed by atoms with Gasteiger partial charge in [0.1, 0.15) is 0 Å². The van der Waals surface area contributed by atoms with Gasteiger partial charge in [-0.15, -0.1) is 24.0 Å². The number of amides is 2. The molecule has 1 saturated heterocycles. The molecule has 1 aliphatic carbocycles. The molecule has 1 heterocycles. The lowest BCUT2D eigenvalue weighted by Gasteiger charge is -2.26. The van der Waals surface area contributed by atoms with Gasteiger partial charge in [0.25, 0.3) is 5.91 Å². The van der Waals surface area contributed by atoms with Gasteiger partial charge in [0.2, 0.25) is 5.91 Å². The summed E-state index contributed by atoms with van der Waals surface area (Å²) in [6.07, 6.45) is 4.96. The van der Waals surface area contributed by atoms with Crippen LogP contribution in [0, 0.1) is 0 Å². The van der Waals surface area contributed by atoms with E-state index < -0.39 is 0 Å². The minimum atomic E-state index is -0.105. The molecular formula is C19H28IN5O2. The van der Waals surface area contributed by atoms with Crippen LogP contribution in [0.3, 0.4) is 0 Å². The van der Waals surface area contributed by atoms with Crippen molar-refractivity contribution in [2.75, 3.05) is 26.7 Å². The molecule has 1 aromatic carbocycles. The lowest BCUT2D eigenvalue weighted by molar-refractivity contribution is -0.123. The molecule has 2 aliphatic rings. The van der Waals surface area contributed by atoms with Gasteiger partial charge >= 0.3 is 0 Å². The van der Waals surface area contributed by atoms with Crippen LogP contribution in [0.2, 0.25) is 0 Å². The zero-order valence-corrected chi connectivity index (χ0v) is 18.0. The molecule has 0 aromatic heterocycles. The fraction of sp³-hybridized carbons (Fsp3) is 0.526. The molecule has 1 aromatic rings. The van der Waals surface area contributed by atoms with Crippen LogP contribution in [0.25, 0.3) is 0 Å². The molecule has 0 spiro atoms. The van der Waals surface area contributed by atoms with E-state index in [0.29, 0.717) is 31.2 Å². The van der Waals surface area contributed by atoms with E-state index in [9.17, 15) is 9.59 Å². The third kappa shape index (κ3) is 6.08. The summed E-state index contributed by atoms with van der Waals surface area (Å²) in [7, 11) is 1.78. The van der Waals surface area contributed by atoms with Gasteiger partial charge in [-0.1, -0.05) is 25.0 Å². The average molecular weight is 485 g/mol. The maximum absolute atomic E-state index is 12.5. The molecule has 3 N–H and O–H groups in total. The van der Waals surface area contributed by atoms with Gasteiger partial charge < -0.3 is 20.9 Å². The molecule has 3 rings (SSSR count). The first kappa shape index (κ1) is 21.5. The highest BCUT2D eigenvalue weighted by Crippen LogP contribution is 2.17. The summed E-state index contributed by atoms with van der Waals surface area (Å²) in [4.78, 5) is 29.8. The molecule has 1 aliphatic heterocycles.